The van der Waals surface area contributed by atoms with Crippen molar-refractivity contribution in [3.05, 3.63) is 29.5 Å². The van der Waals surface area contributed by atoms with Crippen LogP contribution >= 0.6 is 0 Å². The molecule has 0 saturated heterocycles. The first-order valence-electron chi connectivity index (χ1n) is 10.9. The zero-order valence-electron chi connectivity index (χ0n) is 17.2. The van der Waals surface area contributed by atoms with Crippen LogP contribution in [-0.2, 0) is 0 Å². The predicted molar refractivity (Wildman–Crippen MR) is 111 cm³/mol. The van der Waals surface area contributed by atoms with E-state index in [0.717, 1.165) is 17.5 Å². The molecule has 0 fully saturated rings. The lowest BCUT2D eigenvalue weighted by molar-refractivity contribution is -0.645. The van der Waals surface area contributed by atoms with Crippen molar-refractivity contribution < 1.29 is 14.7 Å². The minimum atomic E-state index is -0.686. The zero-order chi connectivity index (χ0) is 20.2. The molecule has 6 heteroatoms. The van der Waals surface area contributed by atoms with Gasteiger partial charge in [-0.25, -0.2) is 4.79 Å². The van der Waals surface area contributed by atoms with Crippen molar-refractivity contribution in [2.75, 3.05) is 0 Å². The fourth-order valence-electron chi connectivity index (χ4n) is 3.60. The summed E-state index contributed by atoms with van der Waals surface area (Å²) in [5, 5.41) is 25.6. The van der Waals surface area contributed by atoms with Gasteiger partial charge >= 0.3 is 5.91 Å². The van der Waals surface area contributed by atoms with Gasteiger partial charge in [-0.05, 0) is 18.6 Å². The lowest BCUT2D eigenvalue weighted by Crippen LogP contribution is -2.31. The Morgan fingerprint density at radius 1 is 1.04 bits per heavy atom. The molecule has 1 atom stereocenters. The molecule has 2 aromatic rings. The van der Waals surface area contributed by atoms with E-state index < -0.39 is 6.10 Å². The molecule has 0 bridgehead atoms. The topological polar surface area (TPSA) is 82.1 Å². The number of fused-ring (bicyclic) bond motifs is 1. The molecule has 1 heterocycles. The Labute approximate surface area is 168 Å². The molecule has 0 aliphatic rings. The smallest absolute Gasteiger partial charge is 0.337 e. The first kappa shape index (κ1) is 22.3. The summed E-state index contributed by atoms with van der Waals surface area (Å²) in [6.07, 6.45) is 13.8. The lowest BCUT2D eigenvalue weighted by Gasteiger charge is -2.07. The van der Waals surface area contributed by atoms with Gasteiger partial charge in [-0.3, -0.25) is 0 Å². The van der Waals surface area contributed by atoms with E-state index in [1.807, 2.05) is 0 Å². The second kappa shape index (κ2) is 12.5. The standard InChI is InChI=1S/C22H35N3O3/c1-2-3-4-5-6-7-8-9-10-11-12-15-19(26)18-22(27)24-20-16-13-14-17-21(20)25(28)23-24/h13-14,16-17,19,26H,2-12,15,18H2,1H3. The summed E-state index contributed by atoms with van der Waals surface area (Å²) in [5.41, 5.74) is 0.833. The fraction of sp³-hybridized carbons (Fsp3) is 0.682. The van der Waals surface area contributed by atoms with Gasteiger partial charge in [-0.1, -0.05) is 94.4 Å². The molecular formula is C22H35N3O3. The molecular weight excluding hydrogens is 354 g/mol. The molecule has 1 unspecified atom stereocenters. The van der Waals surface area contributed by atoms with Crippen LogP contribution in [0.2, 0.25) is 0 Å². The highest BCUT2D eigenvalue weighted by molar-refractivity contribution is 5.87. The lowest BCUT2D eigenvalue weighted by atomic mass is 10.0. The normalized spacial score (nSPS) is 12.5. The van der Waals surface area contributed by atoms with Gasteiger partial charge in [0, 0.05) is 0 Å². The molecule has 1 aromatic carbocycles. The monoisotopic (exact) mass is 389 g/mol. The number of aromatic nitrogens is 3. The van der Waals surface area contributed by atoms with Gasteiger partial charge in [0.15, 0.2) is 0 Å². The number of carbonyl (C=O) groups is 1. The van der Waals surface area contributed by atoms with Crippen molar-refractivity contribution >= 4 is 16.9 Å². The second-order valence-corrected chi connectivity index (χ2v) is 7.74. The van der Waals surface area contributed by atoms with Crippen molar-refractivity contribution in [2.24, 2.45) is 0 Å². The second-order valence-electron chi connectivity index (χ2n) is 7.74. The minimum absolute atomic E-state index is 0.0105. The van der Waals surface area contributed by atoms with Crippen LogP contribution in [0.15, 0.2) is 24.3 Å². The third kappa shape index (κ3) is 7.23. The Balaban J connectivity index is 1.57. The molecule has 156 valence electrons. The van der Waals surface area contributed by atoms with Crippen molar-refractivity contribution in [3.63, 3.8) is 0 Å². The third-order valence-corrected chi connectivity index (χ3v) is 5.27. The van der Waals surface area contributed by atoms with Crippen LogP contribution in [0.4, 0.5) is 0 Å². The van der Waals surface area contributed by atoms with E-state index in [1.165, 1.54) is 57.8 Å². The van der Waals surface area contributed by atoms with Gasteiger partial charge in [0.2, 0.25) is 11.0 Å². The number of rotatable bonds is 14. The van der Waals surface area contributed by atoms with Gasteiger partial charge in [-0.15, -0.1) is 4.85 Å². The van der Waals surface area contributed by atoms with Crippen LogP contribution in [0.3, 0.4) is 0 Å². The Morgan fingerprint density at radius 3 is 2.25 bits per heavy atom. The summed E-state index contributed by atoms with van der Waals surface area (Å²) in [4.78, 5) is 12.8. The van der Waals surface area contributed by atoms with Crippen LogP contribution < -0.4 is 4.85 Å². The molecule has 6 nitrogen and oxygen atoms in total. The highest BCUT2D eigenvalue weighted by Gasteiger charge is 2.23. The van der Waals surface area contributed by atoms with Crippen LogP contribution in [0, 0.1) is 5.21 Å². The van der Waals surface area contributed by atoms with E-state index in [4.69, 9.17) is 0 Å². The Hall–Kier alpha value is -1.95. The fourth-order valence-corrected chi connectivity index (χ4v) is 3.60. The number of aliphatic hydroxyl groups excluding tert-OH is 1. The van der Waals surface area contributed by atoms with E-state index in [1.54, 1.807) is 24.3 Å². The summed E-state index contributed by atoms with van der Waals surface area (Å²) in [7, 11) is 0. The number of nitrogens with zero attached hydrogens (tertiary/aromatic N) is 3. The van der Waals surface area contributed by atoms with E-state index in [-0.39, 0.29) is 12.3 Å². The van der Waals surface area contributed by atoms with Gasteiger partial charge in [0.05, 0.1) is 12.5 Å². The van der Waals surface area contributed by atoms with Crippen molar-refractivity contribution in [1.29, 1.82) is 0 Å². The summed E-state index contributed by atoms with van der Waals surface area (Å²) in [6, 6.07) is 6.80. The third-order valence-electron chi connectivity index (χ3n) is 5.27. The average molecular weight is 390 g/mol. The van der Waals surface area contributed by atoms with E-state index in [0.29, 0.717) is 22.3 Å². The molecule has 0 radical (unpaired) electrons. The summed E-state index contributed by atoms with van der Waals surface area (Å²) >= 11 is 0. The van der Waals surface area contributed by atoms with Crippen molar-refractivity contribution in [3.8, 4) is 0 Å². The summed E-state index contributed by atoms with van der Waals surface area (Å²) < 4.78 is 1.10. The van der Waals surface area contributed by atoms with Gasteiger partial charge in [0.25, 0.3) is 0 Å². The molecule has 0 aliphatic carbocycles. The van der Waals surface area contributed by atoms with E-state index >= 15 is 0 Å². The first-order valence-corrected chi connectivity index (χ1v) is 10.9. The molecule has 1 aromatic heterocycles. The van der Waals surface area contributed by atoms with Crippen LogP contribution in [0.5, 0.6) is 0 Å². The van der Waals surface area contributed by atoms with Gasteiger partial charge in [0.1, 0.15) is 5.21 Å². The molecule has 0 spiro atoms. The van der Waals surface area contributed by atoms with Crippen LogP contribution in [0.25, 0.3) is 11.0 Å². The average Bonchev–Trinajstić information content (AvgIpc) is 3.03. The van der Waals surface area contributed by atoms with E-state index in [2.05, 4.69) is 12.1 Å². The Bertz CT molecular complexity index is 714. The molecule has 0 saturated carbocycles. The molecule has 28 heavy (non-hydrogen) atoms. The van der Waals surface area contributed by atoms with E-state index in [9.17, 15) is 15.1 Å². The number of hydrogen-bond acceptors (Lipinski definition) is 4. The SMILES string of the molecule is CCCCCCCCCCCCCC(O)CC(=O)n1n[n+]([O-])c2ccccc21. The van der Waals surface area contributed by atoms with Crippen molar-refractivity contribution in [1.82, 2.24) is 9.90 Å². The predicted octanol–water partition coefficient (Wildman–Crippen LogP) is 4.76. The van der Waals surface area contributed by atoms with Gasteiger partial charge < -0.3 is 10.3 Å². The Kier molecular flexibility index (Phi) is 9.97. The molecule has 0 aliphatic heterocycles. The largest absolute Gasteiger partial charge is 0.691 e. The highest BCUT2D eigenvalue weighted by atomic mass is 16.5. The number of hydrogen-bond donors (Lipinski definition) is 1. The number of carbonyl (C=O) groups excluding carboxylic acids is 1. The Morgan fingerprint density at radius 2 is 1.61 bits per heavy atom. The summed E-state index contributed by atoms with van der Waals surface area (Å²) in [6.45, 7) is 2.24. The molecule has 1 N–H and O–H groups in total. The van der Waals surface area contributed by atoms with Crippen LogP contribution in [-0.4, -0.2) is 27.0 Å². The minimum Gasteiger partial charge on any atom is -0.691 e. The van der Waals surface area contributed by atoms with Gasteiger partial charge in [-0.2, -0.15) is 0 Å². The maximum Gasteiger partial charge on any atom is 0.337 e. The summed E-state index contributed by atoms with van der Waals surface area (Å²) in [5.74, 6) is -0.346. The quantitative estimate of drug-likeness (QED) is 0.287. The number of benzene rings is 1. The molecule has 0 amide bonds. The van der Waals surface area contributed by atoms with Crippen LogP contribution in [0.1, 0.15) is 95.2 Å². The first-order chi connectivity index (χ1) is 13.6. The maximum atomic E-state index is 12.4. The van der Waals surface area contributed by atoms with Crippen molar-refractivity contribution in [2.45, 2.75) is 96.5 Å². The number of aliphatic hydroxyl groups is 1. The number of para-hydroxylation sites is 2. The zero-order valence-corrected chi connectivity index (χ0v) is 17.2. The number of unbranched alkanes of at least 4 members (excludes halogenated alkanes) is 10. The maximum absolute atomic E-state index is 12.4. The highest BCUT2D eigenvalue weighted by Crippen LogP contribution is 2.14. The molecule has 2 rings (SSSR count).